The predicted molar refractivity (Wildman–Crippen MR) is 87.7 cm³/mol. The number of benzene rings is 1. The quantitative estimate of drug-likeness (QED) is 0.843. The van der Waals surface area contributed by atoms with Gasteiger partial charge >= 0.3 is 0 Å². The summed E-state index contributed by atoms with van der Waals surface area (Å²) >= 11 is 3.41. The lowest BCUT2D eigenvalue weighted by Gasteiger charge is -2.34. The van der Waals surface area contributed by atoms with Gasteiger partial charge in [-0.3, -0.25) is 4.90 Å². The van der Waals surface area contributed by atoms with Crippen molar-refractivity contribution in [3.63, 3.8) is 0 Å². The van der Waals surface area contributed by atoms with E-state index in [0.29, 0.717) is 6.42 Å². The lowest BCUT2D eigenvalue weighted by Crippen LogP contribution is -2.45. The second-order valence-corrected chi connectivity index (χ2v) is 5.28. The molecule has 1 aromatic rings. The van der Waals surface area contributed by atoms with Crippen LogP contribution in [0.3, 0.4) is 0 Å². The summed E-state index contributed by atoms with van der Waals surface area (Å²) in [5.74, 6) is 0.261. The number of nitriles is 1. The van der Waals surface area contributed by atoms with E-state index in [1.807, 2.05) is 6.07 Å². The van der Waals surface area contributed by atoms with Gasteiger partial charge in [0.05, 0.1) is 18.5 Å². The molecule has 0 amide bonds. The van der Waals surface area contributed by atoms with Gasteiger partial charge in [-0.2, -0.15) is 5.26 Å². The summed E-state index contributed by atoms with van der Waals surface area (Å²) in [5.41, 5.74) is 0.827. The van der Waals surface area contributed by atoms with Gasteiger partial charge in [-0.05, 0) is 18.2 Å². The van der Waals surface area contributed by atoms with Crippen molar-refractivity contribution in [3.05, 3.63) is 28.2 Å². The number of halogens is 3. The molecule has 0 spiro atoms. The van der Waals surface area contributed by atoms with Crippen LogP contribution in [-0.2, 0) is 0 Å². The van der Waals surface area contributed by atoms with Crippen molar-refractivity contribution in [2.45, 2.75) is 12.5 Å². The van der Waals surface area contributed by atoms with Crippen LogP contribution in [0.2, 0.25) is 0 Å². The van der Waals surface area contributed by atoms with E-state index in [0.717, 1.165) is 36.2 Å². The first-order chi connectivity index (χ1) is 8.72. The monoisotopic (exact) mass is 381 g/mol. The third kappa shape index (κ3) is 4.80. The van der Waals surface area contributed by atoms with Crippen LogP contribution in [0.25, 0.3) is 0 Å². The molecule has 112 valence electrons. The Morgan fingerprint density at radius 1 is 1.35 bits per heavy atom. The van der Waals surface area contributed by atoms with E-state index in [9.17, 15) is 5.11 Å². The van der Waals surface area contributed by atoms with Crippen LogP contribution in [0.4, 0.5) is 0 Å². The van der Waals surface area contributed by atoms with Crippen LogP contribution in [-0.4, -0.2) is 36.2 Å². The number of rotatable bonds is 3. The fourth-order valence-corrected chi connectivity index (χ4v) is 2.69. The maximum atomic E-state index is 9.99. The SMILES string of the molecule is Cl.Cl.N#CC[C@H](c1cc(Br)ccc1O)N1CCNCC1. The van der Waals surface area contributed by atoms with E-state index in [1.54, 1.807) is 12.1 Å². The van der Waals surface area contributed by atoms with E-state index in [-0.39, 0.29) is 36.6 Å². The highest BCUT2D eigenvalue weighted by Gasteiger charge is 2.24. The van der Waals surface area contributed by atoms with Gasteiger partial charge in [0.2, 0.25) is 0 Å². The van der Waals surface area contributed by atoms with E-state index in [2.05, 4.69) is 32.2 Å². The Labute approximate surface area is 140 Å². The van der Waals surface area contributed by atoms with Crippen molar-refractivity contribution in [3.8, 4) is 11.8 Å². The number of phenolic OH excluding ortho intramolecular Hbond substituents is 1. The van der Waals surface area contributed by atoms with Crippen molar-refractivity contribution >= 4 is 40.7 Å². The van der Waals surface area contributed by atoms with Crippen molar-refractivity contribution in [1.29, 1.82) is 5.26 Å². The first-order valence-electron chi connectivity index (χ1n) is 6.02. The zero-order valence-corrected chi connectivity index (χ0v) is 14.1. The average Bonchev–Trinajstić information content (AvgIpc) is 2.40. The fourth-order valence-electron chi connectivity index (χ4n) is 2.31. The molecule has 1 atom stereocenters. The van der Waals surface area contributed by atoms with Gasteiger partial charge in [0.25, 0.3) is 0 Å². The lowest BCUT2D eigenvalue weighted by molar-refractivity contribution is 0.173. The second-order valence-electron chi connectivity index (χ2n) is 4.37. The third-order valence-electron chi connectivity index (χ3n) is 3.23. The molecule has 0 bridgehead atoms. The zero-order chi connectivity index (χ0) is 13.0. The van der Waals surface area contributed by atoms with Gasteiger partial charge in [-0.25, -0.2) is 0 Å². The minimum Gasteiger partial charge on any atom is -0.508 e. The number of hydrogen-bond donors (Lipinski definition) is 2. The number of aromatic hydroxyl groups is 1. The maximum Gasteiger partial charge on any atom is 0.120 e. The summed E-state index contributed by atoms with van der Waals surface area (Å²) in [5, 5.41) is 22.3. The van der Waals surface area contributed by atoms with Crippen LogP contribution < -0.4 is 5.32 Å². The van der Waals surface area contributed by atoms with Crippen LogP contribution in [0, 0.1) is 11.3 Å². The van der Waals surface area contributed by atoms with Crippen LogP contribution in [0.5, 0.6) is 5.75 Å². The Morgan fingerprint density at radius 2 is 2.00 bits per heavy atom. The topological polar surface area (TPSA) is 59.3 Å². The molecule has 7 heteroatoms. The summed E-state index contributed by atoms with van der Waals surface area (Å²) in [6, 6.07) is 7.57. The highest BCUT2D eigenvalue weighted by atomic mass is 79.9. The Bertz CT molecular complexity index is 461. The van der Waals surface area contributed by atoms with Crippen LogP contribution in [0.15, 0.2) is 22.7 Å². The molecular weight excluding hydrogens is 365 g/mol. The van der Waals surface area contributed by atoms with Crippen LogP contribution >= 0.6 is 40.7 Å². The van der Waals surface area contributed by atoms with Gasteiger partial charge < -0.3 is 10.4 Å². The minimum atomic E-state index is -0.0328. The van der Waals surface area contributed by atoms with Gasteiger partial charge in [-0.1, -0.05) is 15.9 Å². The Morgan fingerprint density at radius 3 is 2.60 bits per heavy atom. The molecule has 1 aromatic carbocycles. The highest BCUT2D eigenvalue weighted by Crippen LogP contribution is 2.33. The van der Waals surface area contributed by atoms with E-state index in [1.165, 1.54) is 0 Å². The summed E-state index contributed by atoms with van der Waals surface area (Å²) in [4.78, 5) is 2.25. The summed E-state index contributed by atoms with van der Waals surface area (Å²) in [6.07, 6.45) is 0.393. The maximum absolute atomic E-state index is 9.99. The molecule has 0 saturated carbocycles. The summed E-state index contributed by atoms with van der Waals surface area (Å²) in [7, 11) is 0. The molecule has 1 fully saturated rings. The van der Waals surface area contributed by atoms with Crippen molar-refractivity contribution in [1.82, 2.24) is 10.2 Å². The number of hydrogen-bond acceptors (Lipinski definition) is 4. The number of phenols is 1. The number of nitrogens with zero attached hydrogens (tertiary/aromatic N) is 2. The predicted octanol–water partition coefficient (Wildman–Crippen LogP) is 2.86. The van der Waals surface area contributed by atoms with Gasteiger partial charge in [0.15, 0.2) is 0 Å². The highest BCUT2D eigenvalue weighted by molar-refractivity contribution is 9.10. The smallest absolute Gasteiger partial charge is 0.120 e. The second kappa shape index (κ2) is 9.43. The summed E-state index contributed by atoms with van der Waals surface area (Å²) in [6.45, 7) is 3.66. The van der Waals surface area contributed by atoms with Crippen molar-refractivity contribution < 1.29 is 5.11 Å². The Hall–Kier alpha value is -0.510. The zero-order valence-electron chi connectivity index (χ0n) is 10.9. The molecule has 4 nitrogen and oxygen atoms in total. The Balaban J connectivity index is 0.00000180. The first-order valence-corrected chi connectivity index (χ1v) is 6.82. The average molecular weight is 383 g/mol. The molecule has 1 aliphatic heterocycles. The molecule has 0 aromatic heterocycles. The molecule has 2 N–H and O–H groups in total. The molecule has 20 heavy (non-hydrogen) atoms. The molecule has 0 unspecified atom stereocenters. The van der Waals surface area contributed by atoms with Crippen LogP contribution in [0.1, 0.15) is 18.0 Å². The fraction of sp³-hybridized carbons (Fsp3) is 0.462. The number of nitrogens with one attached hydrogen (secondary N) is 1. The molecule has 1 aliphatic rings. The first kappa shape index (κ1) is 19.5. The van der Waals surface area contributed by atoms with Crippen molar-refractivity contribution in [2.24, 2.45) is 0 Å². The van der Waals surface area contributed by atoms with Gasteiger partial charge in [-0.15, -0.1) is 24.8 Å². The van der Waals surface area contributed by atoms with Gasteiger partial charge in [0, 0.05) is 36.2 Å². The molecule has 0 aliphatic carbocycles. The Kier molecular flexibility index (Phi) is 9.19. The van der Waals surface area contributed by atoms with Gasteiger partial charge in [0.1, 0.15) is 5.75 Å². The third-order valence-corrected chi connectivity index (χ3v) is 3.72. The molecular formula is C13H18BrCl2N3O. The van der Waals surface area contributed by atoms with E-state index in [4.69, 9.17) is 5.26 Å². The molecule has 0 radical (unpaired) electrons. The minimum absolute atomic E-state index is 0. The normalized spacial score (nSPS) is 16.4. The van der Waals surface area contributed by atoms with Crippen molar-refractivity contribution in [2.75, 3.05) is 26.2 Å². The standard InChI is InChI=1S/C13H16BrN3O.2ClH/c14-10-1-2-13(18)11(9-10)12(3-4-15)17-7-5-16-6-8-17;;/h1-2,9,12,16,18H,3,5-8H2;2*1H/t12-;;/m1../s1. The summed E-state index contributed by atoms with van der Waals surface area (Å²) < 4.78 is 0.924. The molecule has 2 rings (SSSR count). The molecule has 1 heterocycles. The van der Waals surface area contributed by atoms with E-state index < -0.39 is 0 Å². The van der Waals surface area contributed by atoms with E-state index >= 15 is 0 Å². The largest absolute Gasteiger partial charge is 0.508 e. The molecule has 1 saturated heterocycles. The lowest BCUT2D eigenvalue weighted by atomic mass is 10.0. The number of piperazine rings is 1.